The summed E-state index contributed by atoms with van der Waals surface area (Å²) in [6, 6.07) is 15.2. The van der Waals surface area contributed by atoms with Gasteiger partial charge >= 0.3 is 0 Å². The zero-order valence-corrected chi connectivity index (χ0v) is 19.9. The van der Waals surface area contributed by atoms with Crippen molar-refractivity contribution in [1.82, 2.24) is 10.2 Å². The van der Waals surface area contributed by atoms with E-state index in [2.05, 4.69) is 27.1 Å². The first kappa shape index (κ1) is 23.6. The molecule has 2 aliphatic heterocycles. The molecule has 7 nitrogen and oxygen atoms in total. The van der Waals surface area contributed by atoms with Crippen molar-refractivity contribution in [2.24, 2.45) is 0 Å². The van der Waals surface area contributed by atoms with Gasteiger partial charge in [-0.1, -0.05) is 37.3 Å². The molecule has 2 aliphatic rings. The van der Waals surface area contributed by atoms with Gasteiger partial charge in [-0.3, -0.25) is 9.52 Å². The van der Waals surface area contributed by atoms with Crippen LogP contribution in [0.1, 0.15) is 49.8 Å². The smallest absolute Gasteiger partial charge is 0.261 e. The maximum absolute atomic E-state index is 13.1. The van der Waals surface area contributed by atoms with E-state index < -0.39 is 16.1 Å². The Morgan fingerprint density at radius 2 is 1.91 bits per heavy atom. The van der Waals surface area contributed by atoms with Gasteiger partial charge in [0.25, 0.3) is 5.91 Å². The van der Waals surface area contributed by atoms with Crippen molar-refractivity contribution in [2.75, 3.05) is 30.1 Å². The van der Waals surface area contributed by atoms with Crippen LogP contribution in [0.3, 0.4) is 0 Å². The molecule has 2 N–H and O–H groups in total. The van der Waals surface area contributed by atoms with Crippen molar-refractivity contribution >= 4 is 21.6 Å². The predicted octanol–water partition coefficient (Wildman–Crippen LogP) is 3.49. The lowest BCUT2D eigenvalue weighted by Crippen LogP contribution is -2.44. The van der Waals surface area contributed by atoms with Gasteiger partial charge in [-0.25, -0.2) is 8.42 Å². The van der Waals surface area contributed by atoms with Crippen LogP contribution in [0.2, 0.25) is 0 Å². The fourth-order valence-electron chi connectivity index (χ4n) is 4.54. The van der Waals surface area contributed by atoms with Crippen molar-refractivity contribution in [2.45, 2.75) is 51.2 Å². The number of hydrogen-bond donors (Lipinski definition) is 2. The summed E-state index contributed by atoms with van der Waals surface area (Å²) in [6.07, 6.45) is 3.60. The molecule has 8 heteroatoms. The van der Waals surface area contributed by atoms with E-state index in [1.54, 1.807) is 18.2 Å². The number of amides is 1. The lowest BCUT2D eigenvalue weighted by Gasteiger charge is -2.29. The van der Waals surface area contributed by atoms with Gasteiger partial charge in [-0.05, 0) is 74.5 Å². The molecule has 33 heavy (non-hydrogen) atoms. The molecule has 4 rings (SSSR count). The first-order valence-corrected chi connectivity index (χ1v) is 13.5. The van der Waals surface area contributed by atoms with Crippen LogP contribution in [0.5, 0.6) is 5.75 Å². The minimum atomic E-state index is -3.34. The average Bonchev–Trinajstić information content (AvgIpc) is 3.31. The number of nitrogens with zero attached hydrogens (tertiary/aromatic N) is 1. The topological polar surface area (TPSA) is 87.7 Å². The Hall–Kier alpha value is -2.58. The summed E-state index contributed by atoms with van der Waals surface area (Å²) in [7, 11) is -3.34. The number of benzene rings is 2. The Bertz CT molecular complexity index is 1050. The van der Waals surface area contributed by atoms with Crippen molar-refractivity contribution < 1.29 is 17.9 Å². The number of ether oxygens (including phenoxy) is 1. The highest BCUT2D eigenvalue weighted by Crippen LogP contribution is 2.31. The minimum Gasteiger partial charge on any atom is -0.480 e. The molecule has 1 amide bonds. The molecule has 0 bridgehead atoms. The quantitative estimate of drug-likeness (QED) is 0.585. The van der Waals surface area contributed by atoms with Crippen LogP contribution in [-0.2, 0) is 21.2 Å². The first-order valence-electron chi connectivity index (χ1n) is 11.8. The fraction of sp³-hybridized carbons (Fsp3) is 0.480. The van der Waals surface area contributed by atoms with E-state index in [-0.39, 0.29) is 17.7 Å². The molecular formula is C25H33N3O4S. The van der Waals surface area contributed by atoms with E-state index in [1.165, 1.54) is 12.8 Å². The summed E-state index contributed by atoms with van der Waals surface area (Å²) < 4.78 is 32.8. The highest BCUT2D eigenvalue weighted by Gasteiger charge is 2.29. The Balaban J connectivity index is 1.42. The van der Waals surface area contributed by atoms with Crippen LogP contribution in [0.4, 0.5) is 5.69 Å². The number of sulfonamides is 1. The molecule has 0 spiro atoms. The van der Waals surface area contributed by atoms with Gasteiger partial charge in [0.15, 0.2) is 6.10 Å². The van der Waals surface area contributed by atoms with Crippen molar-refractivity contribution in [1.29, 1.82) is 0 Å². The zero-order chi connectivity index (χ0) is 23.3. The van der Waals surface area contributed by atoms with Gasteiger partial charge in [0.05, 0.1) is 11.8 Å². The predicted molar refractivity (Wildman–Crippen MR) is 130 cm³/mol. The molecule has 1 fully saturated rings. The molecule has 2 atom stereocenters. The van der Waals surface area contributed by atoms with Crippen LogP contribution < -0.4 is 14.8 Å². The number of rotatable bonds is 9. The summed E-state index contributed by atoms with van der Waals surface area (Å²) in [6.45, 7) is 4.76. The fourth-order valence-corrected chi connectivity index (χ4v) is 5.67. The lowest BCUT2D eigenvalue weighted by atomic mass is 10.0. The Morgan fingerprint density at radius 1 is 1.15 bits per heavy atom. The molecule has 0 unspecified atom stereocenters. The molecule has 0 aliphatic carbocycles. The zero-order valence-electron chi connectivity index (χ0n) is 19.1. The average molecular weight is 472 g/mol. The number of carbonyl (C=O) groups is 1. The van der Waals surface area contributed by atoms with Gasteiger partial charge in [0.2, 0.25) is 10.0 Å². The van der Waals surface area contributed by atoms with Gasteiger partial charge in [0, 0.05) is 12.2 Å². The monoisotopic (exact) mass is 471 g/mol. The van der Waals surface area contributed by atoms with E-state index in [4.69, 9.17) is 4.74 Å². The number of hydrogen-bond acceptors (Lipinski definition) is 5. The normalized spacial score (nSPS) is 19.4. The molecule has 178 valence electrons. The number of carbonyl (C=O) groups excluding carboxylic acids is 1. The van der Waals surface area contributed by atoms with E-state index in [0.717, 1.165) is 30.8 Å². The van der Waals surface area contributed by atoms with E-state index in [9.17, 15) is 13.2 Å². The molecule has 0 radical (unpaired) electrons. The van der Waals surface area contributed by atoms with Crippen molar-refractivity contribution in [3.63, 3.8) is 0 Å². The summed E-state index contributed by atoms with van der Waals surface area (Å²) in [5.41, 5.74) is 2.54. The highest BCUT2D eigenvalue weighted by atomic mass is 32.2. The van der Waals surface area contributed by atoms with E-state index >= 15 is 0 Å². The SMILES string of the molecule is CCCS(=O)(=O)Nc1ccc2c(c1)CC[C@@H](C(=O)N[C@H](CN1CCCC1)c1ccccc1)O2. The van der Waals surface area contributed by atoms with Crippen LogP contribution in [0.15, 0.2) is 48.5 Å². The molecule has 1 saturated heterocycles. The minimum absolute atomic E-state index is 0.0860. The lowest BCUT2D eigenvalue weighted by molar-refractivity contribution is -0.129. The van der Waals surface area contributed by atoms with Crippen molar-refractivity contribution in [3.8, 4) is 5.75 Å². The first-order chi connectivity index (χ1) is 15.9. The molecule has 2 aromatic rings. The second-order valence-corrected chi connectivity index (χ2v) is 10.7. The Kier molecular flexibility index (Phi) is 7.55. The standard InChI is InChI=1S/C25H33N3O4S/c1-2-16-33(30,31)27-21-11-13-23-20(17-21)10-12-24(32-23)25(29)26-22(18-28-14-6-7-15-28)19-8-4-3-5-9-19/h3-5,8-9,11,13,17,22,24,27H,2,6-7,10,12,14-16,18H2,1H3,(H,26,29)/t22-,24+/m1/s1. The second kappa shape index (κ2) is 10.6. The van der Waals surface area contributed by atoms with Crippen LogP contribution >= 0.6 is 0 Å². The van der Waals surface area contributed by atoms with Gasteiger partial charge in [0.1, 0.15) is 5.75 Å². The van der Waals surface area contributed by atoms with E-state index in [0.29, 0.717) is 30.7 Å². The maximum Gasteiger partial charge on any atom is 0.261 e. The van der Waals surface area contributed by atoms with Crippen LogP contribution in [0.25, 0.3) is 0 Å². The second-order valence-electron chi connectivity index (χ2n) is 8.87. The summed E-state index contributed by atoms with van der Waals surface area (Å²) >= 11 is 0. The summed E-state index contributed by atoms with van der Waals surface area (Å²) in [5.74, 6) is 0.611. The van der Waals surface area contributed by atoms with Crippen LogP contribution in [0, 0.1) is 0 Å². The molecular weight excluding hydrogens is 438 g/mol. The third kappa shape index (κ3) is 6.26. The van der Waals surface area contributed by atoms with E-state index in [1.807, 2.05) is 25.1 Å². The molecule has 0 saturated carbocycles. The Morgan fingerprint density at radius 3 is 2.64 bits per heavy atom. The van der Waals surface area contributed by atoms with Gasteiger partial charge in [-0.2, -0.15) is 0 Å². The third-order valence-electron chi connectivity index (χ3n) is 6.20. The summed E-state index contributed by atoms with van der Waals surface area (Å²) in [5, 5.41) is 3.22. The molecule has 2 aromatic carbocycles. The largest absolute Gasteiger partial charge is 0.480 e. The molecule has 2 heterocycles. The third-order valence-corrected chi connectivity index (χ3v) is 7.69. The number of likely N-dealkylation sites (tertiary alicyclic amines) is 1. The van der Waals surface area contributed by atoms with Crippen LogP contribution in [-0.4, -0.2) is 50.7 Å². The summed E-state index contributed by atoms with van der Waals surface area (Å²) in [4.78, 5) is 15.5. The number of fused-ring (bicyclic) bond motifs is 1. The number of aryl methyl sites for hydroxylation is 1. The van der Waals surface area contributed by atoms with Gasteiger partial charge in [-0.15, -0.1) is 0 Å². The number of anilines is 1. The van der Waals surface area contributed by atoms with Gasteiger partial charge < -0.3 is 15.0 Å². The number of nitrogens with one attached hydrogen (secondary N) is 2. The maximum atomic E-state index is 13.1. The highest BCUT2D eigenvalue weighted by molar-refractivity contribution is 7.92. The van der Waals surface area contributed by atoms with Crippen molar-refractivity contribution in [3.05, 3.63) is 59.7 Å². The Labute approximate surface area is 196 Å². The molecule has 0 aromatic heterocycles.